The van der Waals surface area contributed by atoms with E-state index in [4.69, 9.17) is 16.3 Å². The van der Waals surface area contributed by atoms with Crippen molar-refractivity contribution in [2.45, 2.75) is 26.9 Å². The predicted octanol–water partition coefficient (Wildman–Crippen LogP) is 3.89. The van der Waals surface area contributed by atoms with Gasteiger partial charge in [-0.3, -0.25) is 0 Å². The molecule has 0 bridgehead atoms. The predicted molar refractivity (Wildman–Crippen MR) is 75.8 cm³/mol. The number of pyridine rings is 1. The highest BCUT2D eigenvalue weighted by atomic mass is 35.5. The second-order valence-electron chi connectivity index (χ2n) is 4.33. The van der Waals surface area contributed by atoms with E-state index < -0.39 is 0 Å². The van der Waals surface area contributed by atoms with Crippen LogP contribution in [0.5, 0.6) is 11.6 Å². The summed E-state index contributed by atoms with van der Waals surface area (Å²) in [7, 11) is 0. The van der Waals surface area contributed by atoms with Crippen molar-refractivity contribution in [3.8, 4) is 11.6 Å². The monoisotopic (exact) mass is 277 g/mol. The molecule has 2 aromatic rings. The standard InChI is InChI=1S/C15H16ClNO2/c1-3-13-6-11(9-18)7-15(17-13)19-14-8-12(16)5-4-10(14)2/h4-8,18H,3,9H2,1-2H3. The molecule has 0 saturated heterocycles. The van der Waals surface area contributed by atoms with Crippen LogP contribution in [0.4, 0.5) is 0 Å². The summed E-state index contributed by atoms with van der Waals surface area (Å²) >= 11 is 5.96. The average molecular weight is 278 g/mol. The minimum Gasteiger partial charge on any atom is -0.439 e. The average Bonchev–Trinajstić information content (AvgIpc) is 2.42. The van der Waals surface area contributed by atoms with E-state index in [9.17, 15) is 5.11 Å². The third kappa shape index (κ3) is 3.46. The molecule has 2 rings (SSSR count). The van der Waals surface area contributed by atoms with Crippen LogP contribution in [0, 0.1) is 6.92 Å². The number of aliphatic hydroxyl groups is 1. The normalized spacial score (nSPS) is 10.5. The zero-order valence-corrected chi connectivity index (χ0v) is 11.7. The number of hydrogen-bond acceptors (Lipinski definition) is 3. The van der Waals surface area contributed by atoms with Gasteiger partial charge in [0.2, 0.25) is 5.88 Å². The maximum absolute atomic E-state index is 9.24. The molecular weight excluding hydrogens is 262 g/mol. The SMILES string of the molecule is CCc1cc(CO)cc(Oc2cc(Cl)ccc2C)n1. The first-order valence-electron chi connectivity index (χ1n) is 6.17. The van der Waals surface area contributed by atoms with Crippen LogP contribution >= 0.6 is 11.6 Å². The van der Waals surface area contributed by atoms with Crippen molar-refractivity contribution in [1.82, 2.24) is 4.98 Å². The van der Waals surface area contributed by atoms with Gasteiger partial charge in [0, 0.05) is 16.8 Å². The summed E-state index contributed by atoms with van der Waals surface area (Å²) < 4.78 is 5.77. The van der Waals surface area contributed by atoms with Crippen LogP contribution < -0.4 is 4.74 Å². The highest BCUT2D eigenvalue weighted by Crippen LogP contribution is 2.27. The lowest BCUT2D eigenvalue weighted by molar-refractivity contribution is 0.281. The Bertz CT molecular complexity index is 562. The summed E-state index contributed by atoms with van der Waals surface area (Å²) in [5.41, 5.74) is 2.67. The van der Waals surface area contributed by atoms with Gasteiger partial charge in [0.05, 0.1) is 6.61 Å². The van der Waals surface area contributed by atoms with E-state index in [1.807, 2.05) is 32.0 Å². The van der Waals surface area contributed by atoms with Crippen LogP contribution in [0.25, 0.3) is 0 Å². The Morgan fingerprint density at radius 1 is 1.26 bits per heavy atom. The molecule has 100 valence electrons. The molecule has 19 heavy (non-hydrogen) atoms. The number of hydrogen-bond donors (Lipinski definition) is 1. The van der Waals surface area contributed by atoms with Crippen molar-refractivity contribution in [3.05, 3.63) is 52.2 Å². The van der Waals surface area contributed by atoms with E-state index in [1.165, 1.54) is 0 Å². The van der Waals surface area contributed by atoms with Gasteiger partial charge in [-0.25, -0.2) is 4.98 Å². The lowest BCUT2D eigenvalue weighted by Crippen LogP contribution is -1.97. The van der Waals surface area contributed by atoms with Crippen LogP contribution in [0.1, 0.15) is 23.7 Å². The van der Waals surface area contributed by atoms with Crippen LogP contribution in [0.2, 0.25) is 5.02 Å². The van der Waals surface area contributed by atoms with Crippen LogP contribution in [0.3, 0.4) is 0 Å². The van der Waals surface area contributed by atoms with Gasteiger partial charge in [-0.1, -0.05) is 24.6 Å². The highest BCUT2D eigenvalue weighted by molar-refractivity contribution is 6.30. The fourth-order valence-electron chi connectivity index (χ4n) is 1.74. The molecule has 0 radical (unpaired) electrons. The van der Waals surface area contributed by atoms with Crippen molar-refractivity contribution in [3.63, 3.8) is 0 Å². The zero-order valence-electron chi connectivity index (χ0n) is 11.0. The maximum Gasteiger partial charge on any atom is 0.219 e. The van der Waals surface area contributed by atoms with Gasteiger partial charge in [-0.15, -0.1) is 0 Å². The molecule has 4 heteroatoms. The molecule has 1 N–H and O–H groups in total. The molecule has 0 aliphatic rings. The fourth-order valence-corrected chi connectivity index (χ4v) is 1.90. The first-order chi connectivity index (χ1) is 9.12. The van der Waals surface area contributed by atoms with Gasteiger partial charge in [0.15, 0.2) is 0 Å². The van der Waals surface area contributed by atoms with E-state index in [1.54, 1.807) is 12.1 Å². The van der Waals surface area contributed by atoms with Gasteiger partial charge in [-0.2, -0.15) is 0 Å². The molecule has 0 fully saturated rings. The number of nitrogens with zero attached hydrogens (tertiary/aromatic N) is 1. The number of aromatic nitrogens is 1. The number of halogens is 1. The Hall–Kier alpha value is -1.58. The maximum atomic E-state index is 9.24. The van der Waals surface area contributed by atoms with E-state index in [2.05, 4.69) is 4.98 Å². The molecule has 1 aromatic heterocycles. The Labute approximate surface area is 117 Å². The van der Waals surface area contributed by atoms with Gasteiger partial charge in [0.25, 0.3) is 0 Å². The van der Waals surface area contributed by atoms with Crippen molar-refractivity contribution in [2.75, 3.05) is 0 Å². The molecule has 0 aliphatic heterocycles. The first-order valence-corrected chi connectivity index (χ1v) is 6.55. The van der Waals surface area contributed by atoms with Crippen molar-refractivity contribution >= 4 is 11.6 Å². The van der Waals surface area contributed by atoms with Crippen molar-refractivity contribution < 1.29 is 9.84 Å². The summed E-state index contributed by atoms with van der Waals surface area (Å²) in [4.78, 5) is 4.39. The summed E-state index contributed by atoms with van der Waals surface area (Å²) in [6.45, 7) is 3.93. The molecule has 0 amide bonds. The van der Waals surface area contributed by atoms with Gasteiger partial charge in [0.1, 0.15) is 5.75 Å². The quantitative estimate of drug-likeness (QED) is 0.922. The molecule has 0 unspecified atom stereocenters. The Morgan fingerprint density at radius 2 is 2.05 bits per heavy atom. The van der Waals surface area contributed by atoms with Crippen LogP contribution in [-0.2, 0) is 13.0 Å². The molecule has 3 nitrogen and oxygen atoms in total. The highest BCUT2D eigenvalue weighted by Gasteiger charge is 2.06. The Kier molecular flexibility index (Phi) is 4.40. The molecule has 0 aliphatic carbocycles. The lowest BCUT2D eigenvalue weighted by atomic mass is 10.2. The fraction of sp³-hybridized carbons (Fsp3) is 0.267. The van der Waals surface area contributed by atoms with Gasteiger partial charge < -0.3 is 9.84 Å². The summed E-state index contributed by atoms with van der Waals surface area (Å²) in [5, 5.41) is 9.86. The largest absolute Gasteiger partial charge is 0.439 e. The Balaban J connectivity index is 2.34. The van der Waals surface area contributed by atoms with Gasteiger partial charge in [-0.05, 0) is 42.7 Å². The number of rotatable bonds is 4. The summed E-state index contributed by atoms with van der Waals surface area (Å²) in [5.74, 6) is 1.16. The second-order valence-corrected chi connectivity index (χ2v) is 4.76. The van der Waals surface area contributed by atoms with Gasteiger partial charge >= 0.3 is 0 Å². The minimum absolute atomic E-state index is 0.0274. The molecule has 1 aromatic carbocycles. The topological polar surface area (TPSA) is 42.4 Å². The number of benzene rings is 1. The second kappa shape index (κ2) is 6.04. The third-order valence-corrected chi connectivity index (χ3v) is 3.06. The zero-order chi connectivity index (χ0) is 13.8. The molecule has 1 heterocycles. The molecule has 0 saturated carbocycles. The molecular formula is C15H16ClNO2. The Morgan fingerprint density at radius 3 is 2.74 bits per heavy atom. The van der Waals surface area contributed by atoms with E-state index in [-0.39, 0.29) is 6.61 Å². The minimum atomic E-state index is -0.0274. The first kappa shape index (κ1) is 13.8. The lowest BCUT2D eigenvalue weighted by Gasteiger charge is -2.10. The van der Waals surface area contributed by atoms with E-state index >= 15 is 0 Å². The number of aliphatic hydroxyl groups excluding tert-OH is 1. The van der Waals surface area contributed by atoms with Crippen molar-refractivity contribution in [2.24, 2.45) is 0 Å². The molecule has 0 spiro atoms. The smallest absolute Gasteiger partial charge is 0.219 e. The molecule has 0 atom stereocenters. The van der Waals surface area contributed by atoms with Crippen molar-refractivity contribution in [1.29, 1.82) is 0 Å². The number of aryl methyl sites for hydroxylation is 2. The van der Waals surface area contributed by atoms with Crippen LogP contribution in [-0.4, -0.2) is 10.1 Å². The summed E-state index contributed by atoms with van der Waals surface area (Å²) in [6.07, 6.45) is 0.790. The van der Waals surface area contributed by atoms with E-state index in [0.29, 0.717) is 16.7 Å². The van der Waals surface area contributed by atoms with Crippen LogP contribution in [0.15, 0.2) is 30.3 Å². The summed E-state index contributed by atoms with van der Waals surface area (Å²) in [6, 6.07) is 9.08. The number of ether oxygens (including phenoxy) is 1. The van der Waals surface area contributed by atoms with E-state index in [0.717, 1.165) is 23.2 Å². The third-order valence-electron chi connectivity index (χ3n) is 2.82.